The molecule has 1 aliphatic heterocycles. The number of methoxy groups -OCH3 is 1. The van der Waals surface area contributed by atoms with Gasteiger partial charge in [-0.3, -0.25) is 9.89 Å². The number of ether oxygens (including phenoxy) is 1. The van der Waals surface area contributed by atoms with E-state index < -0.39 is 0 Å². The van der Waals surface area contributed by atoms with E-state index in [0.717, 1.165) is 30.2 Å². The van der Waals surface area contributed by atoms with E-state index in [1.165, 1.54) is 6.33 Å². The number of para-hydroxylation sites is 1. The standard InChI is InChI=1S/C16H21N5O2/c1-23-14-5-3-2-4-12(14)13-10-17-8-9-21(13)16(22)7-6-15-18-11-19-20-15/h2-5,11,13,17H,6-10H2,1H3,(H,18,19,20). The maximum Gasteiger partial charge on any atom is 0.223 e. The van der Waals surface area contributed by atoms with Crippen LogP contribution in [-0.4, -0.2) is 52.7 Å². The summed E-state index contributed by atoms with van der Waals surface area (Å²) < 4.78 is 5.46. The van der Waals surface area contributed by atoms with E-state index in [1.807, 2.05) is 29.2 Å². The summed E-state index contributed by atoms with van der Waals surface area (Å²) in [5.41, 5.74) is 1.04. The molecule has 3 rings (SSSR count). The molecule has 7 nitrogen and oxygen atoms in total. The fourth-order valence-electron chi connectivity index (χ4n) is 2.94. The summed E-state index contributed by atoms with van der Waals surface area (Å²) in [6, 6.07) is 7.86. The van der Waals surface area contributed by atoms with Crippen LogP contribution in [0.2, 0.25) is 0 Å². The Morgan fingerprint density at radius 3 is 3.09 bits per heavy atom. The third-order valence-electron chi connectivity index (χ3n) is 4.10. The Morgan fingerprint density at radius 1 is 1.43 bits per heavy atom. The molecular formula is C16H21N5O2. The van der Waals surface area contributed by atoms with Gasteiger partial charge in [0.2, 0.25) is 5.91 Å². The maximum atomic E-state index is 12.7. The van der Waals surface area contributed by atoms with Gasteiger partial charge in [0.25, 0.3) is 0 Å². The average molecular weight is 315 g/mol. The number of amides is 1. The van der Waals surface area contributed by atoms with Crippen LogP contribution in [0.15, 0.2) is 30.6 Å². The molecule has 1 unspecified atom stereocenters. The lowest BCUT2D eigenvalue weighted by molar-refractivity contribution is -0.134. The molecule has 122 valence electrons. The van der Waals surface area contributed by atoms with Gasteiger partial charge in [-0.05, 0) is 6.07 Å². The molecule has 2 aromatic rings. The van der Waals surface area contributed by atoms with E-state index in [2.05, 4.69) is 20.5 Å². The minimum Gasteiger partial charge on any atom is -0.496 e. The third-order valence-corrected chi connectivity index (χ3v) is 4.10. The molecule has 0 radical (unpaired) electrons. The normalized spacial score (nSPS) is 18.0. The van der Waals surface area contributed by atoms with Crippen LogP contribution >= 0.6 is 0 Å². The number of aromatic amines is 1. The first-order valence-electron chi connectivity index (χ1n) is 7.77. The summed E-state index contributed by atoms with van der Waals surface area (Å²) in [6.45, 7) is 2.23. The lowest BCUT2D eigenvalue weighted by Crippen LogP contribution is -2.48. The van der Waals surface area contributed by atoms with Crippen LogP contribution < -0.4 is 10.1 Å². The number of nitrogens with one attached hydrogen (secondary N) is 2. The highest BCUT2D eigenvalue weighted by Gasteiger charge is 2.29. The van der Waals surface area contributed by atoms with Crippen LogP contribution in [-0.2, 0) is 11.2 Å². The molecule has 1 aromatic carbocycles. The number of H-pyrrole nitrogens is 1. The number of aromatic nitrogens is 3. The van der Waals surface area contributed by atoms with Crippen LogP contribution in [0, 0.1) is 0 Å². The van der Waals surface area contributed by atoms with Crippen LogP contribution in [0.4, 0.5) is 0 Å². The van der Waals surface area contributed by atoms with Crippen LogP contribution in [0.25, 0.3) is 0 Å². The molecule has 1 saturated heterocycles. The van der Waals surface area contributed by atoms with Gasteiger partial charge in [-0.1, -0.05) is 18.2 Å². The second kappa shape index (κ2) is 7.23. The van der Waals surface area contributed by atoms with Crippen molar-refractivity contribution in [3.8, 4) is 5.75 Å². The number of hydrogen-bond acceptors (Lipinski definition) is 5. The SMILES string of the molecule is COc1ccccc1C1CNCCN1C(=O)CCc1ncn[nH]1. The fourth-order valence-corrected chi connectivity index (χ4v) is 2.94. The topological polar surface area (TPSA) is 83.1 Å². The van der Waals surface area contributed by atoms with Gasteiger partial charge in [0.15, 0.2) is 0 Å². The summed E-state index contributed by atoms with van der Waals surface area (Å²) in [6.07, 6.45) is 2.45. The summed E-state index contributed by atoms with van der Waals surface area (Å²) in [5.74, 6) is 1.68. The van der Waals surface area contributed by atoms with Gasteiger partial charge >= 0.3 is 0 Å². The maximum absolute atomic E-state index is 12.7. The first-order valence-corrected chi connectivity index (χ1v) is 7.77. The zero-order valence-electron chi connectivity index (χ0n) is 13.2. The zero-order valence-corrected chi connectivity index (χ0v) is 13.2. The van der Waals surface area contributed by atoms with Gasteiger partial charge in [0.1, 0.15) is 17.9 Å². The minimum absolute atomic E-state index is 0.0119. The second-order valence-electron chi connectivity index (χ2n) is 5.48. The molecule has 2 heterocycles. The van der Waals surface area contributed by atoms with Gasteiger partial charge in [-0.15, -0.1) is 0 Å². The summed E-state index contributed by atoms with van der Waals surface area (Å²) in [4.78, 5) is 18.7. The first kappa shape index (κ1) is 15.5. The number of rotatable bonds is 5. The molecule has 1 fully saturated rings. The van der Waals surface area contributed by atoms with Crippen molar-refractivity contribution in [2.24, 2.45) is 0 Å². The molecule has 0 aliphatic carbocycles. The molecule has 1 aromatic heterocycles. The molecule has 0 saturated carbocycles. The van der Waals surface area contributed by atoms with Crippen LogP contribution in [0.5, 0.6) is 5.75 Å². The van der Waals surface area contributed by atoms with Gasteiger partial charge < -0.3 is 15.0 Å². The fraction of sp³-hybridized carbons (Fsp3) is 0.438. The number of carbonyl (C=O) groups is 1. The van der Waals surface area contributed by atoms with Crippen LogP contribution in [0.3, 0.4) is 0 Å². The van der Waals surface area contributed by atoms with Crippen molar-refractivity contribution in [2.45, 2.75) is 18.9 Å². The Kier molecular flexibility index (Phi) is 4.87. The van der Waals surface area contributed by atoms with Gasteiger partial charge in [-0.2, -0.15) is 5.10 Å². The number of benzene rings is 1. The molecule has 0 spiro atoms. The van der Waals surface area contributed by atoms with E-state index >= 15 is 0 Å². The van der Waals surface area contributed by atoms with E-state index in [0.29, 0.717) is 19.4 Å². The number of piperazine rings is 1. The summed E-state index contributed by atoms with van der Waals surface area (Å²) in [7, 11) is 1.66. The van der Waals surface area contributed by atoms with Gasteiger partial charge in [0, 0.05) is 38.0 Å². The largest absolute Gasteiger partial charge is 0.496 e. The van der Waals surface area contributed by atoms with E-state index in [-0.39, 0.29) is 11.9 Å². The molecule has 1 atom stereocenters. The highest BCUT2D eigenvalue weighted by atomic mass is 16.5. The third kappa shape index (κ3) is 3.50. The van der Waals surface area contributed by atoms with E-state index in [4.69, 9.17) is 4.74 Å². The highest BCUT2D eigenvalue weighted by Crippen LogP contribution is 2.30. The number of aryl methyl sites for hydroxylation is 1. The number of hydrogen-bond donors (Lipinski definition) is 2. The Bertz CT molecular complexity index is 644. The lowest BCUT2D eigenvalue weighted by atomic mass is 10.0. The molecule has 2 N–H and O–H groups in total. The predicted octanol–water partition coefficient (Wildman–Crippen LogP) is 0.919. The van der Waals surface area contributed by atoms with Crippen molar-refractivity contribution in [1.29, 1.82) is 0 Å². The molecule has 7 heteroatoms. The van der Waals surface area contributed by atoms with Crippen molar-refractivity contribution >= 4 is 5.91 Å². The summed E-state index contributed by atoms with van der Waals surface area (Å²) in [5, 5.41) is 9.96. The second-order valence-corrected chi connectivity index (χ2v) is 5.48. The lowest BCUT2D eigenvalue weighted by Gasteiger charge is -2.37. The van der Waals surface area contributed by atoms with Crippen molar-refractivity contribution in [2.75, 3.05) is 26.7 Å². The molecule has 1 aliphatic rings. The van der Waals surface area contributed by atoms with Gasteiger partial charge in [0.05, 0.1) is 13.2 Å². The summed E-state index contributed by atoms with van der Waals surface area (Å²) >= 11 is 0. The van der Waals surface area contributed by atoms with Crippen LogP contribution in [0.1, 0.15) is 23.9 Å². The average Bonchev–Trinajstić information content (AvgIpc) is 3.13. The van der Waals surface area contributed by atoms with Gasteiger partial charge in [-0.25, -0.2) is 4.98 Å². The molecule has 23 heavy (non-hydrogen) atoms. The Balaban J connectivity index is 1.74. The molecule has 1 amide bonds. The van der Waals surface area contributed by atoms with E-state index in [1.54, 1.807) is 7.11 Å². The van der Waals surface area contributed by atoms with E-state index in [9.17, 15) is 4.79 Å². The highest BCUT2D eigenvalue weighted by molar-refractivity contribution is 5.77. The smallest absolute Gasteiger partial charge is 0.223 e. The molecule has 0 bridgehead atoms. The number of nitrogens with zero attached hydrogens (tertiary/aromatic N) is 3. The predicted molar refractivity (Wildman–Crippen MR) is 85.0 cm³/mol. The van der Waals surface area contributed by atoms with Crippen molar-refractivity contribution in [3.05, 3.63) is 42.0 Å². The Morgan fingerprint density at radius 2 is 2.30 bits per heavy atom. The first-order chi connectivity index (χ1) is 11.3. The Hall–Kier alpha value is -2.41. The monoisotopic (exact) mass is 315 g/mol. The van der Waals surface area contributed by atoms with Crippen molar-refractivity contribution < 1.29 is 9.53 Å². The quantitative estimate of drug-likeness (QED) is 0.857. The minimum atomic E-state index is -0.0119. The molecular weight excluding hydrogens is 294 g/mol. The zero-order chi connectivity index (χ0) is 16.1. The Labute approximate surface area is 135 Å². The number of carbonyl (C=O) groups excluding carboxylic acids is 1. The van der Waals surface area contributed by atoms with Crippen molar-refractivity contribution in [3.63, 3.8) is 0 Å². The van der Waals surface area contributed by atoms with Crippen molar-refractivity contribution in [1.82, 2.24) is 25.4 Å².